The van der Waals surface area contributed by atoms with Gasteiger partial charge in [-0.1, -0.05) is 0 Å². The zero-order chi connectivity index (χ0) is 15.4. The number of halogens is 2. The molecule has 4 nitrogen and oxygen atoms in total. The van der Waals surface area contributed by atoms with E-state index in [0.717, 1.165) is 0 Å². The molecule has 0 aliphatic rings. The molecule has 0 aliphatic heterocycles. The lowest BCUT2D eigenvalue weighted by Crippen LogP contribution is -2.08. The van der Waals surface area contributed by atoms with E-state index in [-0.39, 0.29) is 18.4 Å². The molecule has 0 saturated heterocycles. The molecule has 1 aromatic heterocycles. The van der Waals surface area contributed by atoms with E-state index < -0.39 is 11.6 Å². The van der Waals surface area contributed by atoms with Crippen LogP contribution in [0.25, 0.3) is 0 Å². The molecule has 2 aromatic rings. The standard InChI is InChI=1S/C15H19F2N3O/c1-10(2)20-5-4-12(19-20)9-21-15-13(16)6-11(8-18-3)7-14(15)17/h4-7,10,18H,8-9H2,1-3H3. The third kappa shape index (κ3) is 3.78. The molecule has 0 bridgehead atoms. The van der Waals surface area contributed by atoms with Crippen LogP contribution in [-0.2, 0) is 13.2 Å². The molecule has 0 amide bonds. The van der Waals surface area contributed by atoms with Crippen molar-refractivity contribution >= 4 is 0 Å². The molecule has 0 aliphatic carbocycles. The number of hydrogen-bond acceptors (Lipinski definition) is 3. The van der Waals surface area contributed by atoms with E-state index in [0.29, 0.717) is 17.8 Å². The van der Waals surface area contributed by atoms with Crippen molar-refractivity contribution in [1.29, 1.82) is 0 Å². The van der Waals surface area contributed by atoms with Crippen molar-refractivity contribution in [3.63, 3.8) is 0 Å². The maximum absolute atomic E-state index is 13.9. The van der Waals surface area contributed by atoms with E-state index in [9.17, 15) is 8.78 Å². The number of nitrogens with one attached hydrogen (secondary N) is 1. The van der Waals surface area contributed by atoms with Crippen LogP contribution in [-0.4, -0.2) is 16.8 Å². The average molecular weight is 295 g/mol. The van der Waals surface area contributed by atoms with Crippen LogP contribution in [0.4, 0.5) is 8.78 Å². The smallest absolute Gasteiger partial charge is 0.191 e. The van der Waals surface area contributed by atoms with Crippen molar-refractivity contribution < 1.29 is 13.5 Å². The van der Waals surface area contributed by atoms with Gasteiger partial charge in [-0.2, -0.15) is 5.10 Å². The lowest BCUT2D eigenvalue weighted by Gasteiger charge is -2.09. The van der Waals surface area contributed by atoms with E-state index >= 15 is 0 Å². The fourth-order valence-electron chi connectivity index (χ4n) is 1.94. The SMILES string of the molecule is CNCc1cc(F)c(OCc2ccn(C(C)C)n2)c(F)c1. The Labute approximate surface area is 122 Å². The first-order valence-electron chi connectivity index (χ1n) is 6.80. The van der Waals surface area contributed by atoms with E-state index in [2.05, 4.69) is 10.4 Å². The van der Waals surface area contributed by atoms with Gasteiger partial charge < -0.3 is 10.1 Å². The minimum absolute atomic E-state index is 0.0267. The van der Waals surface area contributed by atoms with E-state index in [1.54, 1.807) is 17.8 Å². The number of aromatic nitrogens is 2. The monoisotopic (exact) mass is 295 g/mol. The van der Waals surface area contributed by atoms with Crippen LogP contribution in [0.1, 0.15) is 31.1 Å². The summed E-state index contributed by atoms with van der Waals surface area (Å²) >= 11 is 0. The molecule has 0 fully saturated rings. The Morgan fingerprint density at radius 2 is 1.95 bits per heavy atom. The van der Waals surface area contributed by atoms with Crippen LogP contribution in [0.2, 0.25) is 0 Å². The van der Waals surface area contributed by atoms with Gasteiger partial charge in [0.15, 0.2) is 17.4 Å². The Morgan fingerprint density at radius 1 is 1.29 bits per heavy atom. The molecular weight excluding hydrogens is 276 g/mol. The Kier molecular flexibility index (Phi) is 4.90. The maximum atomic E-state index is 13.9. The number of rotatable bonds is 6. The molecule has 1 aromatic carbocycles. The molecule has 0 saturated carbocycles. The van der Waals surface area contributed by atoms with Gasteiger partial charge in [-0.15, -0.1) is 0 Å². The quantitative estimate of drug-likeness (QED) is 0.890. The normalized spacial score (nSPS) is 11.1. The molecular formula is C15H19F2N3O. The average Bonchev–Trinajstić information content (AvgIpc) is 2.87. The van der Waals surface area contributed by atoms with Gasteiger partial charge in [0.2, 0.25) is 0 Å². The summed E-state index contributed by atoms with van der Waals surface area (Å²) in [5.41, 5.74) is 1.16. The topological polar surface area (TPSA) is 39.1 Å². The fourth-order valence-corrected chi connectivity index (χ4v) is 1.94. The van der Waals surface area contributed by atoms with Crippen molar-refractivity contribution in [3.8, 4) is 5.75 Å². The van der Waals surface area contributed by atoms with Crippen LogP contribution in [0, 0.1) is 11.6 Å². The van der Waals surface area contributed by atoms with E-state index in [4.69, 9.17) is 4.74 Å². The van der Waals surface area contributed by atoms with Crippen LogP contribution >= 0.6 is 0 Å². The highest BCUT2D eigenvalue weighted by Crippen LogP contribution is 2.24. The van der Waals surface area contributed by atoms with Gasteiger partial charge in [0.1, 0.15) is 6.61 Å². The van der Waals surface area contributed by atoms with E-state index in [1.807, 2.05) is 20.0 Å². The number of ether oxygens (including phenoxy) is 1. The van der Waals surface area contributed by atoms with Gasteiger partial charge in [-0.05, 0) is 44.7 Å². The highest BCUT2D eigenvalue weighted by atomic mass is 19.1. The molecule has 1 N–H and O–H groups in total. The molecule has 0 spiro atoms. The first kappa shape index (κ1) is 15.4. The maximum Gasteiger partial charge on any atom is 0.191 e. The Bertz CT molecular complexity index is 588. The summed E-state index contributed by atoms with van der Waals surface area (Å²) in [6.45, 7) is 4.42. The van der Waals surface area contributed by atoms with Gasteiger partial charge in [0.05, 0.1) is 5.69 Å². The van der Waals surface area contributed by atoms with Crippen molar-refractivity contribution in [2.24, 2.45) is 0 Å². The molecule has 6 heteroatoms. The first-order chi connectivity index (χ1) is 10.0. The van der Waals surface area contributed by atoms with Crippen LogP contribution in [0.3, 0.4) is 0 Å². The van der Waals surface area contributed by atoms with Crippen molar-refractivity contribution in [3.05, 3.63) is 47.3 Å². The molecule has 114 valence electrons. The molecule has 0 radical (unpaired) electrons. The molecule has 2 rings (SSSR count). The second-order valence-electron chi connectivity index (χ2n) is 5.09. The van der Waals surface area contributed by atoms with Crippen molar-refractivity contribution in [2.45, 2.75) is 33.0 Å². The van der Waals surface area contributed by atoms with Crippen LogP contribution < -0.4 is 10.1 Å². The Hall–Kier alpha value is -1.95. The van der Waals surface area contributed by atoms with Crippen LogP contribution in [0.5, 0.6) is 5.75 Å². The summed E-state index contributed by atoms with van der Waals surface area (Å²) in [4.78, 5) is 0. The summed E-state index contributed by atoms with van der Waals surface area (Å²) < 4.78 is 34.7. The zero-order valence-corrected chi connectivity index (χ0v) is 12.4. The van der Waals surface area contributed by atoms with Crippen LogP contribution in [0.15, 0.2) is 24.4 Å². The van der Waals surface area contributed by atoms with Gasteiger partial charge in [-0.25, -0.2) is 8.78 Å². The summed E-state index contributed by atoms with van der Waals surface area (Å²) in [5.74, 6) is -1.78. The highest BCUT2D eigenvalue weighted by molar-refractivity contribution is 5.31. The summed E-state index contributed by atoms with van der Waals surface area (Å²) in [6.07, 6.45) is 1.81. The molecule has 0 unspecified atom stereocenters. The first-order valence-corrected chi connectivity index (χ1v) is 6.80. The van der Waals surface area contributed by atoms with Gasteiger partial charge >= 0.3 is 0 Å². The summed E-state index contributed by atoms with van der Waals surface area (Å²) in [5, 5.41) is 7.11. The number of nitrogens with zero attached hydrogens (tertiary/aromatic N) is 2. The van der Waals surface area contributed by atoms with Crippen molar-refractivity contribution in [2.75, 3.05) is 7.05 Å². The predicted molar refractivity (Wildman–Crippen MR) is 76.1 cm³/mol. The Balaban J connectivity index is 2.08. The lowest BCUT2D eigenvalue weighted by atomic mass is 10.2. The molecule has 21 heavy (non-hydrogen) atoms. The van der Waals surface area contributed by atoms with E-state index in [1.165, 1.54) is 12.1 Å². The second kappa shape index (κ2) is 6.67. The second-order valence-corrected chi connectivity index (χ2v) is 5.09. The van der Waals surface area contributed by atoms with Crippen molar-refractivity contribution in [1.82, 2.24) is 15.1 Å². The zero-order valence-electron chi connectivity index (χ0n) is 12.4. The lowest BCUT2D eigenvalue weighted by molar-refractivity contribution is 0.268. The van der Waals surface area contributed by atoms with Gasteiger partial charge in [0.25, 0.3) is 0 Å². The molecule has 0 atom stereocenters. The highest BCUT2D eigenvalue weighted by Gasteiger charge is 2.13. The largest absolute Gasteiger partial charge is 0.481 e. The summed E-state index contributed by atoms with van der Waals surface area (Å²) in [6, 6.07) is 4.53. The predicted octanol–water partition coefficient (Wildman–Crippen LogP) is 3.04. The summed E-state index contributed by atoms with van der Waals surface area (Å²) in [7, 11) is 1.71. The number of benzene rings is 1. The van der Waals surface area contributed by atoms with Gasteiger partial charge in [0, 0.05) is 18.8 Å². The van der Waals surface area contributed by atoms with Gasteiger partial charge in [-0.3, -0.25) is 4.68 Å². The number of hydrogen-bond donors (Lipinski definition) is 1. The fraction of sp³-hybridized carbons (Fsp3) is 0.400. The third-order valence-corrected chi connectivity index (χ3v) is 3.00. The third-order valence-electron chi connectivity index (χ3n) is 3.00. The Morgan fingerprint density at radius 3 is 2.48 bits per heavy atom. The molecule has 1 heterocycles. The minimum Gasteiger partial charge on any atom is -0.481 e. The minimum atomic E-state index is -0.705.